The van der Waals surface area contributed by atoms with Gasteiger partial charge in [-0.25, -0.2) is 5.43 Å². The van der Waals surface area contributed by atoms with Crippen LogP contribution in [-0.4, -0.2) is 26.3 Å². The van der Waals surface area contributed by atoms with Crippen LogP contribution in [0.3, 0.4) is 0 Å². The van der Waals surface area contributed by atoms with Gasteiger partial charge in [-0.15, -0.1) is 0 Å². The van der Waals surface area contributed by atoms with Gasteiger partial charge in [0.1, 0.15) is 11.5 Å². The fourth-order valence-electron chi connectivity index (χ4n) is 2.61. The molecular formula is C21H19ClN2O4. The minimum absolute atomic E-state index is 0.153. The molecule has 6 nitrogen and oxygen atoms in total. The third-order valence-corrected chi connectivity index (χ3v) is 4.29. The number of hydrogen-bond donors (Lipinski definition) is 1. The van der Waals surface area contributed by atoms with Crippen LogP contribution in [0.25, 0.3) is 11.3 Å². The molecule has 3 rings (SSSR count). The lowest BCUT2D eigenvalue weighted by Gasteiger charge is -2.09. The minimum atomic E-state index is -0.263. The van der Waals surface area contributed by atoms with Crippen molar-refractivity contribution in [3.05, 3.63) is 70.9 Å². The molecule has 1 N–H and O–H groups in total. The Morgan fingerprint density at radius 3 is 2.64 bits per heavy atom. The number of nitrogens with zero attached hydrogens (tertiary/aromatic N) is 1. The highest BCUT2D eigenvalue weighted by molar-refractivity contribution is 6.33. The summed E-state index contributed by atoms with van der Waals surface area (Å²) in [6.45, 7) is 0. The normalized spacial score (nSPS) is 10.8. The number of benzene rings is 2. The molecule has 2 aromatic carbocycles. The zero-order valence-corrected chi connectivity index (χ0v) is 16.2. The summed E-state index contributed by atoms with van der Waals surface area (Å²) in [5, 5.41) is 4.54. The third kappa shape index (κ3) is 4.72. The van der Waals surface area contributed by atoms with E-state index < -0.39 is 0 Å². The molecule has 0 radical (unpaired) electrons. The molecule has 28 heavy (non-hydrogen) atoms. The van der Waals surface area contributed by atoms with E-state index in [2.05, 4.69) is 10.5 Å². The summed E-state index contributed by atoms with van der Waals surface area (Å²) < 4.78 is 16.1. The van der Waals surface area contributed by atoms with E-state index in [1.807, 2.05) is 18.2 Å². The molecule has 7 heteroatoms. The summed E-state index contributed by atoms with van der Waals surface area (Å²) in [6, 6.07) is 16.3. The maximum atomic E-state index is 12.1. The molecule has 0 bridgehead atoms. The Bertz CT molecular complexity index is 998. The van der Waals surface area contributed by atoms with Crippen LogP contribution in [0.15, 0.2) is 64.1 Å². The van der Waals surface area contributed by atoms with Crippen molar-refractivity contribution in [2.45, 2.75) is 6.42 Å². The van der Waals surface area contributed by atoms with Gasteiger partial charge in [-0.05, 0) is 42.0 Å². The van der Waals surface area contributed by atoms with Crippen LogP contribution < -0.4 is 14.9 Å². The lowest BCUT2D eigenvalue weighted by Crippen LogP contribution is -2.19. The number of ether oxygens (including phenoxy) is 2. The standard InChI is InChI=1S/C21H19ClN2O4/c1-26-19-9-7-14(11-20(19)27-2)12-21(25)24-23-13-15-8-10-18(28-15)16-5-3-4-6-17(16)22/h3-11,13H,12H2,1-2H3,(H,24,25). The van der Waals surface area contributed by atoms with E-state index in [-0.39, 0.29) is 12.3 Å². The van der Waals surface area contributed by atoms with Gasteiger partial charge in [0, 0.05) is 5.56 Å². The highest BCUT2D eigenvalue weighted by Crippen LogP contribution is 2.29. The molecule has 1 amide bonds. The van der Waals surface area contributed by atoms with Crippen LogP contribution in [0.5, 0.6) is 11.5 Å². The van der Waals surface area contributed by atoms with Gasteiger partial charge in [-0.1, -0.05) is 29.8 Å². The van der Waals surface area contributed by atoms with Gasteiger partial charge in [0.05, 0.1) is 31.9 Å². The fraction of sp³-hybridized carbons (Fsp3) is 0.143. The Morgan fingerprint density at radius 1 is 1.11 bits per heavy atom. The van der Waals surface area contributed by atoms with Crippen LogP contribution in [0.4, 0.5) is 0 Å². The van der Waals surface area contributed by atoms with E-state index in [9.17, 15) is 4.79 Å². The quantitative estimate of drug-likeness (QED) is 0.475. The third-order valence-electron chi connectivity index (χ3n) is 3.96. The number of hydrogen-bond acceptors (Lipinski definition) is 5. The first-order valence-corrected chi connectivity index (χ1v) is 8.86. The number of carbonyl (C=O) groups excluding carboxylic acids is 1. The average Bonchev–Trinajstić information content (AvgIpc) is 3.16. The number of nitrogens with one attached hydrogen (secondary N) is 1. The molecule has 1 aromatic heterocycles. The second-order valence-corrected chi connectivity index (χ2v) is 6.25. The Labute approximate surface area is 167 Å². The Kier molecular flexibility index (Phi) is 6.34. The Morgan fingerprint density at radius 2 is 1.89 bits per heavy atom. The first kappa shape index (κ1) is 19.5. The monoisotopic (exact) mass is 398 g/mol. The second kappa shape index (κ2) is 9.10. The van der Waals surface area contributed by atoms with E-state index in [0.717, 1.165) is 11.1 Å². The maximum absolute atomic E-state index is 12.1. The predicted molar refractivity (Wildman–Crippen MR) is 108 cm³/mol. The van der Waals surface area contributed by atoms with Crippen LogP contribution in [0.1, 0.15) is 11.3 Å². The van der Waals surface area contributed by atoms with Gasteiger partial charge in [0.2, 0.25) is 5.91 Å². The Balaban J connectivity index is 1.59. The van der Waals surface area contributed by atoms with Crippen molar-refractivity contribution < 1.29 is 18.7 Å². The van der Waals surface area contributed by atoms with Crippen LogP contribution >= 0.6 is 11.6 Å². The number of halogens is 1. The lowest BCUT2D eigenvalue weighted by atomic mass is 10.1. The molecule has 0 spiro atoms. The highest BCUT2D eigenvalue weighted by Gasteiger charge is 2.09. The molecule has 0 fully saturated rings. The van der Waals surface area contributed by atoms with Gasteiger partial charge in [-0.3, -0.25) is 4.79 Å². The molecule has 0 aliphatic rings. The molecule has 0 saturated carbocycles. The number of furan rings is 1. The highest BCUT2D eigenvalue weighted by atomic mass is 35.5. The number of hydrazone groups is 1. The molecule has 3 aromatic rings. The first-order chi connectivity index (χ1) is 13.6. The van der Waals surface area contributed by atoms with Crippen LogP contribution in [0, 0.1) is 0 Å². The summed E-state index contributed by atoms with van der Waals surface area (Å²) in [5.41, 5.74) is 4.05. The van der Waals surface area contributed by atoms with Gasteiger partial charge in [0.25, 0.3) is 0 Å². The van der Waals surface area contributed by atoms with Crippen LogP contribution in [0.2, 0.25) is 5.02 Å². The molecule has 0 saturated heterocycles. The summed E-state index contributed by atoms with van der Waals surface area (Å²) in [6.07, 6.45) is 1.59. The molecule has 144 valence electrons. The van der Waals surface area contributed by atoms with Crippen molar-refractivity contribution in [3.8, 4) is 22.8 Å². The molecular weight excluding hydrogens is 380 g/mol. The largest absolute Gasteiger partial charge is 0.493 e. The molecule has 0 aliphatic heterocycles. The topological polar surface area (TPSA) is 73.1 Å². The smallest absolute Gasteiger partial charge is 0.244 e. The molecule has 0 atom stereocenters. The van der Waals surface area contributed by atoms with E-state index >= 15 is 0 Å². The number of rotatable bonds is 7. The zero-order chi connectivity index (χ0) is 19.9. The predicted octanol–water partition coefficient (Wildman–Crippen LogP) is 4.31. The average molecular weight is 399 g/mol. The number of amides is 1. The van der Waals surface area contributed by atoms with E-state index in [4.69, 9.17) is 25.5 Å². The fourth-order valence-corrected chi connectivity index (χ4v) is 2.84. The van der Waals surface area contributed by atoms with Gasteiger partial charge >= 0.3 is 0 Å². The summed E-state index contributed by atoms with van der Waals surface area (Å²) in [4.78, 5) is 12.1. The van der Waals surface area contributed by atoms with Crippen molar-refractivity contribution in [2.24, 2.45) is 5.10 Å². The SMILES string of the molecule is COc1ccc(CC(=O)NN=Cc2ccc(-c3ccccc3Cl)o2)cc1OC. The van der Waals surface area contributed by atoms with E-state index in [0.29, 0.717) is 28.0 Å². The van der Waals surface area contributed by atoms with Crippen molar-refractivity contribution in [2.75, 3.05) is 14.2 Å². The van der Waals surface area contributed by atoms with Gasteiger partial charge in [-0.2, -0.15) is 5.10 Å². The van der Waals surface area contributed by atoms with Crippen molar-refractivity contribution in [1.82, 2.24) is 5.43 Å². The lowest BCUT2D eigenvalue weighted by molar-refractivity contribution is -0.120. The first-order valence-electron chi connectivity index (χ1n) is 8.48. The van der Waals surface area contributed by atoms with Gasteiger partial charge < -0.3 is 13.9 Å². The second-order valence-electron chi connectivity index (χ2n) is 5.84. The maximum Gasteiger partial charge on any atom is 0.244 e. The van der Waals surface area contributed by atoms with E-state index in [1.54, 1.807) is 50.6 Å². The van der Waals surface area contributed by atoms with Crippen molar-refractivity contribution in [3.63, 3.8) is 0 Å². The minimum Gasteiger partial charge on any atom is -0.493 e. The number of carbonyl (C=O) groups is 1. The summed E-state index contributed by atoms with van der Waals surface area (Å²) >= 11 is 6.16. The molecule has 0 aliphatic carbocycles. The zero-order valence-electron chi connectivity index (χ0n) is 15.4. The molecule has 1 heterocycles. The van der Waals surface area contributed by atoms with Gasteiger partial charge in [0.15, 0.2) is 11.5 Å². The van der Waals surface area contributed by atoms with Crippen molar-refractivity contribution in [1.29, 1.82) is 0 Å². The summed E-state index contributed by atoms with van der Waals surface area (Å²) in [5.74, 6) is 2.04. The molecule has 0 unspecified atom stereocenters. The van der Waals surface area contributed by atoms with Crippen LogP contribution in [-0.2, 0) is 11.2 Å². The number of methoxy groups -OCH3 is 2. The summed E-state index contributed by atoms with van der Waals surface area (Å²) in [7, 11) is 3.11. The van der Waals surface area contributed by atoms with E-state index in [1.165, 1.54) is 6.21 Å². The van der Waals surface area contributed by atoms with Crippen molar-refractivity contribution >= 4 is 23.7 Å². The Hall–Kier alpha value is -3.25.